The first-order valence-corrected chi connectivity index (χ1v) is 17.0. The largest absolute Gasteiger partial charge is 0.465 e. The second-order valence-corrected chi connectivity index (χ2v) is 12.9. The van der Waals surface area contributed by atoms with E-state index in [4.69, 9.17) is 10.1 Å². The predicted molar refractivity (Wildman–Crippen MR) is 186 cm³/mol. The summed E-state index contributed by atoms with van der Waals surface area (Å²) in [4.78, 5) is 68.1. The molecule has 2 aliphatic heterocycles. The number of carboxylic acid groups (broad SMARTS) is 1. The third kappa shape index (κ3) is 7.43. The number of rotatable bonds is 10. The lowest BCUT2D eigenvalue weighted by molar-refractivity contribution is -0.134. The summed E-state index contributed by atoms with van der Waals surface area (Å²) >= 11 is 0. The van der Waals surface area contributed by atoms with Crippen molar-refractivity contribution in [3.63, 3.8) is 0 Å². The number of imidazole rings is 2. The molecule has 4 amide bonds. The summed E-state index contributed by atoms with van der Waals surface area (Å²) in [5, 5.41) is 24.0. The van der Waals surface area contributed by atoms with Crippen LogP contribution >= 0.6 is 0 Å². The number of aliphatic hydroxyl groups is 1. The molecule has 4 aromatic rings. The average molecular weight is 699 g/mol. The molecule has 0 bridgehead atoms. The molecule has 2 fully saturated rings. The summed E-state index contributed by atoms with van der Waals surface area (Å²) in [6.07, 6.45) is 2.87. The monoisotopic (exact) mass is 698 g/mol. The lowest BCUT2D eigenvalue weighted by atomic mass is 10.0. The molecule has 15 heteroatoms. The minimum atomic E-state index is -1.24. The molecule has 0 saturated carbocycles. The van der Waals surface area contributed by atoms with Crippen molar-refractivity contribution in [2.24, 2.45) is 0 Å². The fourth-order valence-electron chi connectivity index (χ4n) is 6.93. The van der Waals surface area contributed by atoms with Crippen molar-refractivity contribution < 1.29 is 34.1 Å². The summed E-state index contributed by atoms with van der Waals surface area (Å²) in [7, 11) is 1.25. The fraction of sp³-hybridized carbons (Fsp3) is 0.389. The summed E-state index contributed by atoms with van der Waals surface area (Å²) < 4.78 is 4.63. The number of methoxy groups -OCH3 is 1. The van der Waals surface area contributed by atoms with E-state index in [2.05, 4.69) is 30.3 Å². The van der Waals surface area contributed by atoms with Crippen molar-refractivity contribution in [2.45, 2.75) is 70.3 Å². The molecule has 2 aromatic heterocycles. The summed E-state index contributed by atoms with van der Waals surface area (Å²) in [5.41, 5.74) is 5.70. The van der Waals surface area contributed by atoms with Gasteiger partial charge in [0.05, 0.1) is 49.1 Å². The molecule has 51 heavy (non-hydrogen) atoms. The molecule has 15 nitrogen and oxygen atoms in total. The number of carbonyl (C=O) groups excluding carboxylic acids is 3. The van der Waals surface area contributed by atoms with Crippen LogP contribution in [0.3, 0.4) is 0 Å². The number of hydrogen-bond acceptors (Lipinski definition) is 8. The Labute approximate surface area is 294 Å². The maximum atomic E-state index is 13.2. The Morgan fingerprint density at radius 3 is 1.90 bits per heavy atom. The molecule has 0 unspecified atom stereocenters. The van der Waals surface area contributed by atoms with Crippen LogP contribution in [0.2, 0.25) is 0 Å². The third-order valence-electron chi connectivity index (χ3n) is 9.54. The summed E-state index contributed by atoms with van der Waals surface area (Å²) in [6, 6.07) is 13.7. The maximum absolute atomic E-state index is 13.2. The zero-order valence-corrected chi connectivity index (χ0v) is 28.7. The Hall–Kier alpha value is -5.70. The molecule has 6 rings (SSSR count). The summed E-state index contributed by atoms with van der Waals surface area (Å²) in [6.45, 7) is 3.98. The van der Waals surface area contributed by atoms with Gasteiger partial charge < -0.3 is 45.4 Å². The Balaban J connectivity index is 1.14. The van der Waals surface area contributed by atoms with Crippen LogP contribution in [-0.2, 0) is 20.9 Å². The number of nitrogens with zero attached hydrogens (tertiary/aromatic N) is 4. The number of carbonyl (C=O) groups is 4. The molecular weight excluding hydrogens is 656 g/mol. The number of aromatic nitrogens is 4. The van der Waals surface area contributed by atoms with E-state index in [0.29, 0.717) is 42.5 Å². The first-order chi connectivity index (χ1) is 24.6. The number of hydrogen-bond donors (Lipinski definition) is 6. The van der Waals surface area contributed by atoms with Gasteiger partial charge in [0.25, 0.3) is 0 Å². The van der Waals surface area contributed by atoms with Crippen LogP contribution in [0.5, 0.6) is 0 Å². The van der Waals surface area contributed by atoms with Crippen molar-refractivity contribution in [3.05, 3.63) is 72.1 Å². The Kier molecular flexibility index (Phi) is 10.4. The van der Waals surface area contributed by atoms with Crippen molar-refractivity contribution in [2.75, 3.05) is 20.2 Å². The zero-order chi connectivity index (χ0) is 36.2. The lowest BCUT2D eigenvalue weighted by Crippen LogP contribution is -2.46. The van der Waals surface area contributed by atoms with Crippen molar-refractivity contribution in [1.82, 2.24) is 40.4 Å². The van der Waals surface area contributed by atoms with Gasteiger partial charge in [0, 0.05) is 18.7 Å². The van der Waals surface area contributed by atoms with E-state index in [1.54, 1.807) is 29.8 Å². The van der Waals surface area contributed by atoms with Gasteiger partial charge in [-0.3, -0.25) is 9.59 Å². The smallest absolute Gasteiger partial charge is 0.407 e. The quantitative estimate of drug-likeness (QED) is 0.139. The fourth-order valence-corrected chi connectivity index (χ4v) is 6.93. The second kappa shape index (κ2) is 15.0. The molecule has 4 atom stereocenters. The molecule has 0 spiro atoms. The highest BCUT2D eigenvalue weighted by atomic mass is 16.5. The molecule has 4 heterocycles. The SMILES string of the molecule is COC(=O)N[C@@H](C)C(=O)N1CCC[C@H]1c1nc(-c2ccc(-c3ccc(-c4cnc([C@@H]5CCCN5C(=O)[C@H](C)NC(=O)O)[nH]4)cc3)cc2)c(CO)[nH]1. The van der Waals surface area contributed by atoms with Crippen LogP contribution in [0, 0.1) is 0 Å². The van der Waals surface area contributed by atoms with E-state index in [9.17, 15) is 24.3 Å². The number of nitrogens with one attached hydrogen (secondary N) is 4. The number of ether oxygens (including phenoxy) is 1. The lowest BCUT2D eigenvalue weighted by Gasteiger charge is -2.26. The van der Waals surface area contributed by atoms with Crippen molar-refractivity contribution in [3.8, 4) is 33.6 Å². The normalized spacial score (nSPS) is 18.4. The molecule has 2 aromatic carbocycles. The number of aliphatic hydroxyl groups excluding tert-OH is 1. The standard InChI is InChI=1S/C36H42N8O7/c1-20(38-35(48)49)33(46)43-16-4-6-28(43)31-37-18-26(40-31)24-12-8-22(9-13-24)23-10-14-25(15-11-23)30-27(19-45)41-32(42-30)29-7-5-17-44(29)34(47)21(2)39-36(50)51-3/h8-15,18,20-21,28-29,38,45H,4-7,16-17,19H2,1-3H3,(H,37,40)(H,39,50)(H,41,42)(H,48,49)/t20-,21-,28-,29-/m0/s1. The topological polar surface area (TPSA) is 206 Å². The number of benzene rings is 2. The number of aromatic amines is 2. The van der Waals surface area contributed by atoms with Crippen LogP contribution in [0.25, 0.3) is 33.6 Å². The summed E-state index contributed by atoms with van der Waals surface area (Å²) in [5.74, 6) is 0.744. The number of amides is 4. The van der Waals surface area contributed by atoms with E-state index in [-0.39, 0.29) is 30.5 Å². The maximum Gasteiger partial charge on any atom is 0.407 e. The van der Waals surface area contributed by atoms with Gasteiger partial charge in [0.2, 0.25) is 11.8 Å². The molecule has 2 saturated heterocycles. The highest BCUT2D eigenvalue weighted by molar-refractivity contribution is 5.86. The van der Waals surface area contributed by atoms with Crippen LogP contribution in [0.4, 0.5) is 9.59 Å². The van der Waals surface area contributed by atoms with E-state index in [1.807, 2.05) is 48.5 Å². The van der Waals surface area contributed by atoms with E-state index < -0.39 is 24.3 Å². The van der Waals surface area contributed by atoms with Gasteiger partial charge in [-0.05, 0) is 56.2 Å². The first-order valence-electron chi connectivity index (χ1n) is 17.0. The molecule has 2 aliphatic rings. The van der Waals surface area contributed by atoms with Crippen LogP contribution in [0.15, 0.2) is 54.7 Å². The highest BCUT2D eigenvalue weighted by Crippen LogP contribution is 2.35. The molecule has 6 N–H and O–H groups in total. The van der Waals surface area contributed by atoms with Crippen molar-refractivity contribution in [1.29, 1.82) is 0 Å². The van der Waals surface area contributed by atoms with Gasteiger partial charge in [0.1, 0.15) is 23.7 Å². The second-order valence-electron chi connectivity index (χ2n) is 12.9. The van der Waals surface area contributed by atoms with Gasteiger partial charge in [-0.1, -0.05) is 48.5 Å². The van der Waals surface area contributed by atoms with Gasteiger partial charge in [0.15, 0.2) is 0 Å². The third-order valence-corrected chi connectivity index (χ3v) is 9.54. The van der Waals surface area contributed by atoms with E-state index in [0.717, 1.165) is 47.2 Å². The molecule has 0 radical (unpaired) electrons. The average Bonchev–Trinajstić information content (AvgIpc) is 3.97. The molecule has 268 valence electrons. The zero-order valence-electron chi connectivity index (χ0n) is 28.7. The predicted octanol–water partition coefficient (Wildman–Crippen LogP) is 4.35. The van der Waals surface area contributed by atoms with E-state index >= 15 is 0 Å². The first kappa shape index (κ1) is 35.1. The van der Waals surface area contributed by atoms with Gasteiger partial charge >= 0.3 is 12.2 Å². The highest BCUT2D eigenvalue weighted by Gasteiger charge is 2.36. The van der Waals surface area contributed by atoms with Gasteiger partial charge in [-0.25, -0.2) is 19.6 Å². The van der Waals surface area contributed by atoms with Crippen LogP contribution in [-0.4, -0.2) is 96.2 Å². The number of likely N-dealkylation sites (tertiary alicyclic amines) is 2. The Bertz CT molecular complexity index is 1890. The minimum Gasteiger partial charge on any atom is -0.465 e. The van der Waals surface area contributed by atoms with Crippen LogP contribution in [0.1, 0.15) is 69.0 Å². The molecule has 0 aliphatic carbocycles. The Morgan fingerprint density at radius 2 is 1.35 bits per heavy atom. The van der Waals surface area contributed by atoms with Crippen molar-refractivity contribution >= 4 is 24.0 Å². The molecular formula is C36H42N8O7. The van der Waals surface area contributed by atoms with E-state index in [1.165, 1.54) is 7.11 Å². The number of H-pyrrole nitrogens is 2. The Morgan fingerprint density at radius 1 is 0.824 bits per heavy atom. The van der Waals surface area contributed by atoms with Crippen LogP contribution < -0.4 is 10.6 Å². The number of alkyl carbamates (subject to hydrolysis) is 1. The van der Waals surface area contributed by atoms with Gasteiger partial charge in [-0.2, -0.15) is 0 Å². The van der Waals surface area contributed by atoms with Gasteiger partial charge in [-0.15, -0.1) is 0 Å². The minimum absolute atomic E-state index is 0.232.